The van der Waals surface area contributed by atoms with Gasteiger partial charge >= 0.3 is 0 Å². The van der Waals surface area contributed by atoms with Crippen molar-refractivity contribution in [3.63, 3.8) is 0 Å². The zero-order chi connectivity index (χ0) is 13.1. The first-order valence-corrected chi connectivity index (χ1v) is 6.71. The lowest BCUT2D eigenvalue weighted by atomic mass is 10.1. The monoisotopic (exact) mass is 244 g/mol. The highest BCUT2D eigenvalue weighted by atomic mass is 16.3. The lowest BCUT2D eigenvalue weighted by Crippen LogP contribution is -2.40. The van der Waals surface area contributed by atoms with E-state index in [1.807, 2.05) is 14.0 Å². The molecule has 0 aliphatic rings. The summed E-state index contributed by atoms with van der Waals surface area (Å²) in [5.74, 6) is 0.127. The number of carbonyl (C=O) groups is 1. The highest BCUT2D eigenvalue weighted by Gasteiger charge is 2.18. The van der Waals surface area contributed by atoms with Crippen LogP contribution in [0.15, 0.2) is 0 Å². The van der Waals surface area contributed by atoms with Crippen LogP contribution in [-0.4, -0.2) is 49.2 Å². The number of aliphatic hydroxyl groups excluding tert-OH is 1. The first-order chi connectivity index (χ1) is 8.17. The summed E-state index contributed by atoms with van der Waals surface area (Å²) in [7, 11) is 1.85. The average molecular weight is 244 g/mol. The van der Waals surface area contributed by atoms with Crippen molar-refractivity contribution in [1.82, 2.24) is 10.2 Å². The van der Waals surface area contributed by atoms with Gasteiger partial charge in [0.05, 0.1) is 6.61 Å². The van der Waals surface area contributed by atoms with E-state index in [1.165, 1.54) is 12.8 Å². The molecule has 0 bridgehead atoms. The van der Waals surface area contributed by atoms with E-state index >= 15 is 0 Å². The van der Waals surface area contributed by atoms with Crippen LogP contribution in [0.2, 0.25) is 0 Å². The minimum absolute atomic E-state index is 0.0160. The van der Waals surface area contributed by atoms with Crippen molar-refractivity contribution >= 4 is 5.91 Å². The summed E-state index contributed by atoms with van der Waals surface area (Å²) in [5, 5.41) is 12.0. The van der Waals surface area contributed by atoms with E-state index in [1.54, 1.807) is 4.90 Å². The van der Waals surface area contributed by atoms with Gasteiger partial charge in [0.25, 0.3) is 0 Å². The number of hydrogen-bond donors (Lipinski definition) is 2. The SMILES string of the molecule is CCCCCCN(CCO)C(=O)C(C)CNC. The highest BCUT2D eigenvalue weighted by Crippen LogP contribution is 2.06. The van der Waals surface area contributed by atoms with Crippen LogP contribution in [0.4, 0.5) is 0 Å². The van der Waals surface area contributed by atoms with Gasteiger partial charge in [0.2, 0.25) is 5.91 Å². The number of hydrogen-bond acceptors (Lipinski definition) is 3. The van der Waals surface area contributed by atoms with Crippen molar-refractivity contribution < 1.29 is 9.90 Å². The normalized spacial score (nSPS) is 12.5. The maximum absolute atomic E-state index is 12.1. The van der Waals surface area contributed by atoms with Gasteiger partial charge in [-0.15, -0.1) is 0 Å². The molecule has 4 nitrogen and oxygen atoms in total. The molecule has 0 fully saturated rings. The molecular formula is C13H28N2O2. The molecule has 4 heteroatoms. The van der Waals surface area contributed by atoms with Crippen molar-refractivity contribution in [2.75, 3.05) is 33.3 Å². The maximum Gasteiger partial charge on any atom is 0.226 e. The number of carbonyl (C=O) groups excluding carboxylic acids is 1. The van der Waals surface area contributed by atoms with E-state index in [4.69, 9.17) is 5.11 Å². The van der Waals surface area contributed by atoms with E-state index in [2.05, 4.69) is 12.2 Å². The molecule has 17 heavy (non-hydrogen) atoms. The van der Waals surface area contributed by atoms with Gasteiger partial charge in [-0.1, -0.05) is 33.1 Å². The largest absolute Gasteiger partial charge is 0.395 e. The molecule has 1 atom stereocenters. The number of nitrogens with zero attached hydrogens (tertiary/aromatic N) is 1. The Morgan fingerprint density at radius 1 is 1.29 bits per heavy atom. The predicted molar refractivity (Wildman–Crippen MR) is 70.9 cm³/mol. The number of unbranched alkanes of at least 4 members (excludes halogenated alkanes) is 3. The fraction of sp³-hybridized carbons (Fsp3) is 0.923. The van der Waals surface area contributed by atoms with Crippen molar-refractivity contribution in [2.45, 2.75) is 39.5 Å². The fourth-order valence-corrected chi connectivity index (χ4v) is 1.89. The van der Waals surface area contributed by atoms with Crippen LogP contribution in [-0.2, 0) is 4.79 Å². The van der Waals surface area contributed by atoms with Crippen LogP contribution >= 0.6 is 0 Å². The summed E-state index contributed by atoms with van der Waals surface area (Å²) in [4.78, 5) is 13.9. The zero-order valence-electron chi connectivity index (χ0n) is 11.5. The lowest BCUT2D eigenvalue weighted by molar-refractivity contribution is -0.135. The van der Waals surface area contributed by atoms with Gasteiger partial charge < -0.3 is 15.3 Å². The Balaban J connectivity index is 4.06. The van der Waals surface area contributed by atoms with Crippen LogP contribution in [0.3, 0.4) is 0 Å². The third-order valence-corrected chi connectivity index (χ3v) is 2.90. The van der Waals surface area contributed by atoms with Crippen molar-refractivity contribution in [1.29, 1.82) is 0 Å². The standard InChI is InChI=1S/C13H28N2O2/c1-4-5-6-7-8-15(9-10-16)13(17)12(2)11-14-3/h12,14,16H,4-11H2,1-3H3. The summed E-state index contributed by atoms with van der Waals surface area (Å²) >= 11 is 0. The number of amides is 1. The van der Waals surface area contributed by atoms with Gasteiger partial charge in [-0.2, -0.15) is 0 Å². The molecular weight excluding hydrogens is 216 g/mol. The van der Waals surface area contributed by atoms with Crippen molar-refractivity contribution in [3.05, 3.63) is 0 Å². The van der Waals surface area contributed by atoms with Crippen molar-refractivity contribution in [2.24, 2.45) is 5.92 Å². The third-order valence-electron chi connectivity index (χ3n) is 2.90. The zero-order valence-corrected chi connectivity index (χ0v) is 11.5. The molecule has 0 saturated heterocycles. The lowest BCUT2D eigenvalue weighted by Gasteiger charge is -2.25. The Bertz CT molecular complexity index is 198. The molecule has 1 amide bonds. The smallest absolute Gasteiger partial charge is 0.226 e. The molecule has 0 aromatic heterocycles. The summed E-state index contributed by atoms with van der Waals surface area (Å²) < 4.78 is 0. The van der Waals surface area contributed by atoms with Gasteiger partial charge in [-0.25, -0.2) is 0 Å². The Morgan fingerprint density at radius 3 is 2.53 bits per heavy atom. The molecule has 2 N–H and O–H groups in total. The highest BCUT2D eigenvalue weighted by molar-refractivity contribution is 5.78. The Labute approximate surface area is 105 Å². The molecule has 0 aliphatic carbocycles. The average Bonchev–Trinajstić information content (AvgIpc) is 2.32. The van der Waals surface area contributed by atoms with Gasteiger partial charge in [0, 0.05) is 25.6 Å². The minimum Gasteiger partial charge on any atom is -0.395 e. The Morgan fingerprint density at radius 2 is 2.00 bits per heavy atom. The van der Waals surface area contributed by atoms with E-state index in [0.717, 1.165) is 19.4 Å². The van der Waals surface area contributed by atoms with Gasteiger partial charge in [-0.05, 0) is 13.5 Å². The van der Waals surface area contributed by atoms with E-state index in [0.29, 0.717) is 13.1 Å². The van der Waals surface area contributed by atoms with Crippen molar-refractivity contribution in [3.8, 4) is 0 Å². The molecule has 102 valence electrons. The molecule has 0 spiro atoms. The summed E-state index contributed by atoms with van der Waals surface area (Å²) in [6.45, 7) is 6.06. The topological polar surface area (TPSA) is 52.6 Å². The second-order valence-corrected chi connectivity index (χ2v) is 4.57. The molecule has 0 radical (unpaired) electrons. The quantitative estimate of drug-likeness (QED) is 0.569. The van der Waals surface area contributed by atoms with Crippen LogP contribution in [0.25, 0.3) is 0 Å². The predicted octanol–water partition coefficient (Wildman–Crippen LogP) is 1.24. The molecule has 0 aromatic rings. The van der Waals surface area contributed by atoms with Crippen LogP contribution in [0.5, 0.6) is 0 Å². The Hall–Kier alpha value is -0.610. The Kier molecular flexibility index (Phi) is 10.2. The molecule has 0 heterocycles. The molecule has 0 aromatic carbocycles. The number of nitrogens with one attached hydrogen (secondary N) is 1. The molecule has 1 unspecified atom stereocenters. The maximum atomic E-state index is 12.1. The molecule has 0 saturated carbocycles. The van der Waals surface area contributed by atoms with Gasteiger partial charge in [-0.3, -0.25) is 4.79 Å². The molecule has 0 aliphatic heterocycles. The minimum atomic E-state index is -0.0160. The van der Waals surface area contributed by atoms with Crippen LogP contribution in [0.1, 0.15) is 39.5 Å². The third kappa shape index (κ3) is 7.34. The van der Waals surface area contributed by atoms with E-state index in [9.17, 15) is 4.79 Å². The first-order valence-electron chi connectivity index (χ1n) is 6.71. The second kappa shape index (κ2) is 10.5. The van der Waals surface area contributed by atoms with Crippen LogP contribution in [0, 0.1) is 5.92 Å². The van der Waals surface area contributed by atoms with E-state index in [-0.39, 0.29) is 18.4 Å². The second-order valence-electron chi connectivity index (χ2n) is 4.57. The van der Waals surface area contributed by atoms with Gasteiger partial charge in [0.15, 0.2) is 0 Å². The van der Waals surface area contributed by atoms with Gasteiger partial charge in [0.1, 0.15) is 0 Å². The molecule has 0 rings (SSSR count). The van der Waals surface area contributed by atoms with E-state index < -0.39 is 0 Å². The van der Waals surface area contributed by atoms with Crippen LogP contribution < -0.4 is 5.32 Å². The number of aliphatic hydroxyl groups is 1. The summed E-state index contributed by atoms with van der Waals surface area (Å²) in [5.41, 5.74) is 0. The summed E-state index contributed by atoms with van der Waals surface area (Å²) in [6.07, 6.45) is 4.61. The summed E-state index contributed by atoms with van der Waals surface area (Å²) in [6, 6.07) is 0. The first kappa shape index (κ1) is 16.4. The number of rotatable bonds is 10. The fourth-order valence-electron chi connectivity index (χ4n) is 1.89.